The van der Waals surface area contributed by atoms with Gasteiger partial charge in [0.05, 0.1) is 0 Å². The number of ether oxygens (including phenoxy) is 2. The molecule has 1 aliphatic heterocycles. The molecule has 1 aliphatic rings. The van der Waals surface area contributed by atoms with E-state index in [2.05, 4.69) is 9.97 Å². The van der Waals surface area contributed by atoms with Gasteiger partial charge in [-0.25, -0.2) is 4.79 Å². The average molecular weight is 250 g/mol. The highest BCUT2D eigenvalue weighted by atomic mass is 32.1. The first kappa shape index (κ1) is 10.0. The summed E-state index contributed by atoms with van der Waals surface area (Å²) in [5, 5.41) is 0.358. The molecule has 0 unspecified atom stereocenters. The quantitative estimate of drug-likeness (QED) is 0.801. The van der Waals surface area contributed by atoms with Crippen LogP contribution in [-0.4, -0.2) is 16.8 Å². The predicted molar refractivity (Wildman–Crippen MR) is 60.6 cm³/mol. The summed E-state index contributed by atoms with van der Waals surface area (Å²) in [5.41, 5.74) is 0.00358. The van der Waals surface area contributed by atoms with Crippen LogP contribution >= 0.6 is 11.3 Å². The summed E-state index contributed by atoms with van der Waals surface area (Å²) in [6.45, 7) is 0.178. The summed E-state index contributed by atoms with van der Waals surface area (Å²) in [7, 11) is 0. The van der Waals surface area contributed by atoms with Crippen LogP contribution in [0.15, 0.2) is 27.8 Å². The van der Waals surface area contributed by atoms with Gasteiger partial charge in [0.25, 0.3) is 0 Å². The van der Waals surface area contributed by atoms with Gasteiger partial charge in [-0.15, -0.1) is 0 Å². The molecule has 2 aromatic rings. The molecule has 6 nitrogen and oxygen atoms in total. The van der Waals surface area contributed by atoms with Crippen molar-refractivity contribution >= 4 is 11.3 Å². The Kier molecular flexibility index (Phi) is 2.19. The Labute approximate surface area is 98.5 Å². The second-order valence-corrected chi connectivity index (χ2v) is 4.27. The minimum atomic E-state index is -0.651. The highest BCUT2D eigenvalue weighted by Crippen LogP contribution is 2.35. The summed E-state index contributed by atoms with van der Waals surface area (Å²) in [4.78, 5) is 27.7. The summed E-state index contributed by atoms with van der Waals surface area (Å²) in [5.74, 6) is 1.23. The third-order valence-corrected chi connectivity index (χ3v) is 3.03. The van der Waals surface area contributed by atoms with Crippen molar-refractivity contribution in [3.05, 3.63) is 38.4 Å². The summed E-state index contributed by atoms with van der Waals surface area (Å²) >= 11 is 0.871. The maximum Gasteiger partial charge on any atom is 0.349 e. The second kappa shape index (κ2) is 3.70. The van der Waals surface area contributed by atoms with Gasteiger partial charge in [-0.05, 0) is 18.2 Å². The van der Waals surface area contributed by atoms with Crippen LogP contribution in [0, 0.1) is 0 Å². The van der Waals surface area contributed by atoms with Crippen molar-refractivity contribution in [1.82, 2.24) is 9.97 Å². The van der Waals surface area contributed by atoms with Crippen molar-refractivity contribution in [1.29, 1.82) is 0 Å². The van der Waals surface area contributed by atoms with E-state index in [0.717, 1.165) is 11.3 Å². The lowest BCUT2D eigenvalue weighted by Gasteiger charge is -2.00. The van der Waals surface area contributed by atoms with Gasteiger partial charge < -0.3 is 9.47 Å². The normalized spacial score (nSPS) is 12.7. The number of hydrogen-bond acceptors (Lipinski definition) is 6. The maximum absolute atomic E-state index is 11.2. The number of nitrogens with zero attached hydrogens (tertiary/aromatic N) is 1. The van der Waals surface area contributed by atoms with Crippen LogP contribution in [-0.2, 0) is 0 Å². The van der Waals surface area contributed by atoms with Gasteiger partial charge in [-0.1, -0.05) is 11.3 Å². The lowest BCUT2D eigenvalue weighted by Crippen LogP contribution is -2.19. The maximum atomic E-state index is 11.2. The van der Waals surface area contributed by atoms with Crippen LogP contribution in [0.2, 0.25) is 0 Å². The molecule has 1 aromatic carbocycles. The van der Waals surface area contributed by atoms with Crippen LogP contribution in [0.3, 0.4) is 0 Å². The fraction of sp³-hybridized carbons (Fsp3) is 0.100. The van der Waals surface area contributed by atoms with Crippen LogP contribution in [0.5, 0.6) is 11.5 Å². The van der Waals surface area contributed by atoms with Gasteiger partial charge >= 0.3 is 10.6 Å². The standard InChI is InChI=1S/C10H6N2O4S/c13-9-11-8(17-10(14)12-9)5-1-2-6-7(3-5)16-4-15-6/h1-3H,4H2,(H,12,13,14). The van der Waals surface area contributed by atoms with E-state index in [1.165, 1.54) is 0 Å². The zero-order valence-corrected chi connectivity index (χ0v) is 9.24. The molecule has 0 aliphatic carbocycles. The van der Waals surface area contributed by atoms with Crippen molar-refractivity contribution < 1.29 is 9.47 Å². The summed E-state index contributed by atoms with van der Waals surface area (Å²) in [6, 6.07) is 5.14. The third-order valence-electron chi connectivity index (χ3n) is 2.22. The van der Waals surface area contributed by atoms with Crippen molar-refractivity contribution in [3.63, 3.8) is 0 Å². The number of benzene rings is 1. The molecular formula is C10H6N2O4S. The van der Waals surface area contributed by atoms with Crippen LogP contribution < -0.4 is 20.0 Å². The molecule has 0 fully saturated rings. The third kappa shape index (κ3) is 1.80. The number of aromatic amines is 1. The molecule has 0 saturated carbocycles. The minimum absolute atomic E-state index is 0.178. The summed E-state index contributed by atoms with van der Waals surface area (Å²) in [6.07, 6.45) is 0. The molecule has 7 heteroatoms. The number of nitrogens with one attached hydrogen (secondary N) is 1. The van der Waals surface area contributed by atoms with E-state index >= 15 is 0 Å². The Morgan fingerprint density at radius 3 is 2.88 bits per heavy atom. The zero-order chi connectivity index (χ0) is 11.8. The topological polar surface area (TPSA) is 81.3 Å². The van der Waals surface area contributed by atoms with Gasteiger partial charge in [-0.3, -0.25) is 9.78 Å². The number of aromatic nitrogens is 2. The minimum Gasteiger partial charge on any atom is -0.454 e. The fourth-order valence-corrected chi connectivity index (χ4v) is 2.18. The fourth-order valence-electron chi connectivity index (χ4n) is 1.50. The molecule has 0 bridgehead atoms. The van der Waals surface area contributed by atoms with Gasteiger partial charge in [-0.2, -0.15) is 4.98 Å². The Morgan fingerprint density at radius 1 is 1.24 bits per heavy atom. The van der Waals surface area contributed by atoms with Crippen molar-refractivity contribution in [2.75, 3.05) is 6.79 Å². The van der Waals surface area contributed by atoms with E-state index in [1.807, 2.05) is 0 Å². The van der Waals surface area contributed by atoms with Crippen LogP contribution in [0.4, 0.5) is 0 Å². The van der Waals surface area contributed by atoms with Gasteiger partial charge in [0.15, 0.2) is 11.5 Å². The molecule has 0 atom stereocenters. The second-order valence-electron chi connectivity index (χ2n) is 3.30. The Bertz CT molecular complexity index is 663. The molecule has 0 spiro atoms. The molecule has 0 saturated heterocycles. The lowest BCUT2D eigenvalue weighted by atomic mass is 10.2. The van der Waals surface area contributed by atoms with Crippen molar-refractivity contribution in [2.45, 2.75) is 0 Å². The molecule has 17 heavy (non-hydrogen) atoms. The van der Waals surface area contributed by atoms with Crippen LogP contribution in [0.1, 0.15) is 0 Å². The molecule has 2 heterocycles. The average Bonchev–Trinajstić information content (AvgIpc) is 2.74. The zero-order valence-electron chi connectivity index (χ0n) is 8.43. The van der Waals surface area contributed by atoms with E-state index in [0.29, 0.717) is 22.1 Å². The molecule has 86 valence electrons. The van der Waals surface area contributed by atoms with Crippen LogP contribution in [0.25, 0.3) is 10.6 Å². The van der Waals surface area contributed by atoms with Crippen molar-refractivity contribution in [3.8, 4) is 22.1 Å². The first-order chi connectivity index (χ1) is 8.22. The molecular weight excluding hydrogens is 244 g/mol. The molecule has 3 rings (SSSR count). The van der Waals surface area contributed by atoms with Gasteiger partial charge in [0.2, 0.25) is 6.79 Å². The number of rotatable bonds is 1. The van der Waals surface area contributed by atoms with E-state index in [4.69, 9.17) is 9.47 Å². The first-order valence-corrected chi connectivity index (χ1v) is 5.55. The van der Waals surface area contributed by atoms with E-state index in [9.17, 15) is 9.59 Å². The van der Waals surface area contributed by atoms with Gasteiger partial charge in [0, 0.05) is 5.56 Å². The Balaban J connectivity index is 2.15. The van der Waals surface area contributed by atoms with Gasteiger partial charge in [0.1, 0.15) is 5.01 Å². The molecule has 0 amide bonds. The predicted octanol–water partition coefficient (Wildman–Crippen LogP) is 0.587. The van der Waals surface area contributed by atoms with E-state index < -0.39 is 10.6 Å². The lowest BCUT2D eigenvalue weighted by molar-refractivity contribution is 0.174. The number of H-pyrrole nitrogens is 1. The Hall–Kier alpha value is -2.15. The van der Waals surface area contributed by atoms with Crippen molar-refractivity contribution in [2.24, 2.45) is 0 Å². The number of fused-ring (bicyclic) bond motifs is 1. The molecule has 1 N–H and O–H groups in total. The summed E-state index contributed by atoms with van der Waals surface area (Å²) < 4.78 is 10.4. The largest absolute Gasteiger partial charge is 0.454 e. The highest BCUT2D eigenvalue weighted by Gasteiger charge is 2.14. The highest BCUT2D eigenvalue weighted by molar-refractivity contribution is 7.12. The van der Waals surface area contributed by atoms with E-state index in [1.54, 1.807) is 18.2 Å². The monoisotopic (exact) mass is 250 g/mol. The molecule has 0 radical (unpaired) electrons. The SMILES string of the molecule is O=c1nc(-c2ccc3c(c2)OCO3)sc(=O)[nH]1. The number of hydrogen-bond donors (Lipinski definition) is 1. The Morgan fingerprint density at radius 2 is 2.06 bits per heavy atom. The molecule has 1 aromatic heterocycles. The first-order valence-electron chi connectivity index (χ1n) is 4.74. The van der Waals surface area contributed by atoms with E-state index in [-0.39, 0.29) is 6.79 Å². The smallest absolute Gasteiger partial charge is 0.349 e.